The Hall–Kier alpha value is -3.78. The number of H-pyrrole nitrogens is 2. The molecular weight excluding hydrogens is 448 g/mol. The summed E-state index contributed by atoms with van der Waals surface area (Å²) in [4.78, 5) is 22.3. The Bertz CT molecular complexity index is 1520. The number of hydrogen-bond donors (Lipinski definition) is 2. The number of fused-ring (bicyclic) bond motifs is 2. The first-order valence-corrected chi connectivity index (χ1v) is 13.1. The minimum Gasteiger partial charge on any atom is -0.371 e. The fourth-order valence-corrected chi connectivity index (χ4v) is 5.75. The fraction of sp³-hybridized carbons (Fsp3) is 0.357. The predicted molar refractivity (Wildman–Crippen MR) is 143 cm³/mol. The molecule has 7 heterocycles. The van der Waals surface area contributed by atoms with Crippen LogP contribution in [0.2, 0.25) is 0 Å². The highest BCUT2D eigenvalue weighted by molar-refractivity contribution is 5.98. The van der Waals surface area contributed by atoms with Gasteiger partial charge in [0.1, 0.15) is 5.65 Å². The van der Waals surface area contributed by atoms with Crippen LogP contribution in [-0.2, 0) is 6.54 Å². The smallest absolute Gasteiger partial charge is 0.181 e. The number of hydrogen-bond acceptors (Lipinski definition) is 6. The molecule has 0 aliphatic carbocycles. The first-order valence-electron chi connectivity index (χ1n) is 13.1. The third-order valence-corrected chi connectivity index (χ3v) is 7.62. The molecule has 2 aliphatic rings. The monoisotopic (exact) mass is 478 g/mol. The Morgan fingerprint density at radius 3 is 2.53 bits per heavy atom. The van der Waals surface area contributed by atoms with E-state index in [0.29, 0.717) is 5.65 Å². The van der Waals surface area contributed by atoms with Crippen LogP contribution in [0, 0.1) is 0 Å². The summed E-state index contributed by atoms with van der Waals surface area (Å²) in [5, 5.41) is 9.85. The van der Waals surface area contributed by atoms with E-state index in [1.807, 2.05) is 24.8 Å². The zero-order valence-electron chi connectivity index (χ0n) is 20.4. The average molecular weight is 479 g/mol. The Labute approximate surface area is 209 Å². The van der Waals surface area contributed by atoms with Crippen LogP contribution in [0.3, 0.4) is 0 Å². The van der Waals surface area contributed by atoms with Crippen LogP contribution in [0.5, 0.6) is 0 Å². The minimum absolute atomic E-state index is 0.706. The summed E-state index contributed by atoms with van der Waals surface area (Å²) < 4.78 is 0. The van der Waals surface area contributed by atoms with Gasteiger partial charge in [0.2, 0.25) is 0 Å². The topological polar surface area (TPSA) is 89.6 Å². The van der Waals surface area contributed by atoms with E-state index < -0.39 is 0 Å². The van der Waals surface area contributed by atoms with Crippen LogP contribution in [-0.4, -0.2) is 61.2 Å². The van der Waals surface area contributed by atoms with E-state index in [0.717, 1.165) is 58.6 Å². The van der Waals surface area contributed by atoms with Crippen molar-refractivity contribution in [3.8, 4) is 22.5 Å². The molecule has 0 aromatic carbocycles. The van der Waals surface area contributed by atoms with Crippen molar-refractivity contribution in [1.82, 2.24) is 35.0 Å². The molecular formula is C28H30N8. The highest BCUT2D eigenvalue weighted by Crippen LogP contribution is 2.34. The van der Waals surface area contributed by atoms with Crippen molar-refractivity contribution in [2.45, 2.75) is 38.6 Å². The number of aromatic nitrogens is 6. The first kappa shape index (κ1) is 21.5. The standard InChI is InChI=1S/C28H30N8/c1-2-10-36(11-3-1)25-6-7-30-27-22(25)14-24(32-27)26-23-13-21(17-31-28(23)34-33-26)20-12-19(15-29-16-20)18-35-8-4-5-9-35/h6-7,12-17H,1-5,8-11,18H2,(H,30,32)(H,31,33,34). The molecule has 0 amide bonds. The fourth-order valence-electron chi connectivity index (χ4n) is 5.75. The third-order valence-electron chi connectivity index (χ3n) is 7.62. The number of pyridine rings is 3. The van der Waals surface area contributed by atoms with Gasteiger partial charge in [0.25, 0.3) is 0 Å². The molecule has 0 unspecified atom stereocenters. The zero-order chi connectivity index (χ0) is 23.9. The van der Waals surface area contributed by atoms with Crippen LogP contribution in [0.25, 0.3) is 44.6 Å². The lowest BCUT2D eigenvalue weighted by Crippen LogP contribution is -2.29. The number of anilines is 1. The second kappa shape index (κ2) is 9.02. The Morgan fingerprint density at radius 1 is 0.806 bits per heavy atom. The molecule has 0 saturated carbocycles. The number of aromatic amines is 2. The molecule has 2 N–H and O–H groups in total. The van der Waals surface area contributed by atoms with Crippen molar-refractivity contribution in [3.05, 3.63) is 54.6 Å². The Balaban J connectivity index is 1.25. The average Bonchev–Trinajstić information content (AvgIpc) is 3.68. The van der Waals surface area contributed by atoms with E-state index in [1.54, 1.807) is 0 Å². The third kappa shape index (κ3) is 3.91. The molecule has 8 heteroatoms. The highest BCUT2D eigenvalue weighted by Gasteiger charge is 2.18. The van der Waals surface area contributed by atoms with E-state index in [4.69, 9.17) is 0 Å². The van der Waals surface area contributed by atoms with Crippen molar-refractivity contribution in [2.24, 2.45) is 0 Å². The van der Waals surface area contributed by atoms with Gasteiger partial charge in [-0.15, -0.1) is 0 Å². The number of nitrogens with zero attached hydrogens (tertiary/aromatic N) is 6. The predicted octanol–water partition coefficient (Wildman–Crippen LogP) is 5.15. The maximum Gasteiger partial charge on any atom is 0.181 e. The van der Waals surface area contributed by atoms with Crippen molar-refractivity contribution in [3.63, 3.8) is 0 Å². The Kier molecular flexibility index (Phi) is 5.39. The minimum atomic E-state index is 0.706. The molecule has 2 fully saturated rings. The van der Waals surface area contributed by atoms with Crippen LogP contribution < -0.4 is 4.90 Å². The maximum atomic E-state index is 4.66. The van der Waals surface area contributed by atoms with Crippen molar-refractivity contribution in [2.75, 3.05) is 31.1 Å². The van der Waals surface area contributed by atoms with Gasteiger partial charge in [-0.05, 0) is 75.0 Å². The van der Waals surface area contributed by atoms with Crippen LogP contribution in [0.4, 0.5) is 5.69 Å². The zero-order valence-corrected chi connectivity index (χ0v) is 20.4. The molecule has 0 radical (unpaired) electrons. The molecule has 182 valence electrons. The van der Waals surface area contributed by atoms with Gasteiger partial charge in [0.05, 0.1) is 11.4 Å². The van der Waals surface area contributed by atoms with Gasteiger partial charge >= 0.3 is 0 Å². The van der Waals surface area contributed by atoms with Crippen molar-refractivity contribution < 1.29 is 0 Å². The molecule has 5 aromatic rings. The lowest BCUT2D eigenvalue weighted by molar-refractivity contribution is 0.331. The summed E-state index contributed by atoms with van der Waals surface area (Å²) >= 11 is 0. The molecule has 0 spiro atoms. The molecule has 36 heavy (non-hydrogen) atoms. The summed E-state index contributed by atoms with van der Waals surface area (Å²) in [6, 6.07) is 8.75. The van der Waals surface area contributed by atoms with Gasteiger partial charge in [0.15, 0.2) is 5.65 Å². The SMILES string of the molecule is c1cc(N2CCCCC2)c2cc(-c3[nH]nc4ncc(-c5cncc(CN6CCCC6)c5)cc34)[nH]c2n1. The normalized spacial score (nSPS) is 16.9. The van der Waals surface area contributed by atoms with Crippen molar-refractivity contribution in [1.29, 1.82) is 0 Å². The summed E-state index contributed by atoms with van der Waals surface area (Å²) in [6.07, 6.45) is 14.1. The molecule has 0 bridgehead atoms. The maximum absolute atomic E-state index is 4.66. The van der Waals surface area contributed by atoms with E-state index in [9.17, 15) is 0 Å². The summed E-state index contributed by atoms with van der Waals surface area (Å²) in [6.45, 7) is 5.51. The molecule has 5 aromatic heterocycles. The van der Waals surface area contributed by atoms with Gasteiger partial charge in [-0.25, -0.2) is 9.97 Å². The van der Waals surface area contributed by atoms with E-state index in [1.165, 1.54) is 56.4 Å². The molecule has 2 saturated heterocycles. The van der Waals surface area contributed by atoms with E-state index in [2.05, 4.69) is 64.2 Å². The van der Waals surface area contributed by atoms with Crippen LogP contribution >= 0.6 is 0 Å². The Morgan fingerprint density at radius 2 is 1.64 bits per heavy atom. The second-order valence-electron chi connectivity index (χ2n) is 10.1. The van der Waals surface area contributed by atoms with Gasteiger partial charge in [-0.1, -0.05) is 0 Å². The summed E-state index contributed by atoms with van der Waals surface area (Å²) in [7, 11) is 0. The largest absolute Gasteiger partial charge is 0.371 e. The van der Waals surface area contributed by atoms with Crippen molar-refractivity contribution >= 4 is 27.8 Å². The van der Waals surface area contributed by atoms with Gasteiger partial charge in [-0.3, -0.25) is 15.0 Å². The number of likely N-dealkylation sites (tertiary alicyclic amines) is 1. The molecule has 8 nitrogen and oxygen atoms in total. The number of nitrogens with one attached hydrogen (secondary N) is 2. The summed E-state index contributed by atoms with van der Waals surface area (Å²) in [5.74, 6) is 0. The first-order chi connectivity index (χ1) is 17.8. The molecule has 7 rings (SSSR count). The van der Waals surface area contributed by atoms with Crippen LogP contribution in [0.1, 0.15) is 37.7 Å². The quantitative estimate of drug-likeness (QED) is 0.363. The molecule has 2 aliphatic heterocycles. The van der Waals surface area contributed by atoms with Gasteiger partial charge in [0, 0.05) is 72.0 Å². The number of rotatable bonds is 5. The highest BCUT2D eigenvalue weighted by atomic mass is 15.2. The van der Waals surface area contributed by atoms with E-state index in [-0.39, 0.29) is 0 Å². The lowest BCUT2D eigenvalue weighted by Gasteiger charge is -2.29. The molecule has 0 atom stereocenters. The summed E-state index contributed by atoms with van der Waals surface area (Å²) in [5.41, 5.74) is 8.15. The second-order valence-corrected chi connectivity index (χ2v) is 10.1. The van der Waals surface area contributed by atoms with Gasteiger partial charge < -0.3 is 9.88 Å². The van der Waals surface area contributed by atoms with E-state index >= 15 is 0 Å². The lowest BCUT2D eigenvalue weighted by atomic mass is 10.1. The van der Waals surface area contributed by atoms with Gasteiger partial charge in [-0.2, -0.15) is 5.10 Å². The van der Waals surface area contributed by atoms with Crippen LogP contribution in [0.15, 0.2) is 49.1 Å². The number of piperidine rings is 1.